The summed E-state index contributed by atoms with van der Waals surface area (Å²) in [4.78, 5) is 15.8. The molecule has 1 aromatic carbocycles. The fraction of sp³-hybridized carbons (Fsp3) is 0.593. The Kier molecular flexibility index (Phi) is 7.62. The number of rotatable bonds is 7. The van der Waals surface area contributed by atoms with Crippen molar-refractivity contribution >= 4 is 5.91 Å². The van der Waals surface area contributed by atoms with Gasteiger partial charge in [-0.15, -0.1) is 0 Å². The second-order valence-electron chi connectivity index (χ2n) is 9.59. The Morgan fingerprint density at radius 3 is 2.48 bits per heavy atom. The maximum atomic E-state index is 13.4. The summed E-state index contributed by atoms with van der Waals surface area (Å²) in [6, 6.07) is 9.70. The van der Waals surface area contributed by atoms with E-state index in [0.29, 0.717) is 0 Å². The molecule has 0 bridgehead atoms. The van der Waals surface area contributed by atoms with E-state index >= 15 is 0 Å². The number of nitrogens with zero attached hydrogens (tertiary/aromatic N) is 1. The quantitative estimate of drug-likeness (QED) is 0.670. The van der Waals surface area contributed by atoms with Gasteiger partial charge in [-0.05, 0) is 56.9 Å². The number of carbonyl (C=O) groups is 1. The maximum Gasteiger partial charge on any atom is 0.257 e. The van der Waals surface area contributed by atoms with E-state index in [0.717, 1.165) is 63.7 Å². The molecule has 3 aliphatic rings. The first-order valence-corrected chi connectivity index (χ1v) is 12.3. The molecule has 168 valence electrons. The van der Waals surface area contributed by atoms with Crippen molar-refractivity contribution in [3.63, 3.8) is 0 Å². The zero-order chi connectivity index (χ0) is 21.5. The Labute approximate surface area is 187 Å². The van der Waals surface area contributed by atoms with Gasteiger partial charge in [0.05, 0.1) is 0 Å². The molecular weight excluding hydrogens is 384 g/mol. The molecule has 4 heteroatoms. The molecule has 4 rings (SSSR count). The number of aliphatic hydroxyl groups is 1. The second kappa shape index (κ2) is 10.6. The zero-order valence-electron chi connectivity index (χ0n) is 18.8. The van der Waals surface area contributed by atoms with E-state index in [-0.39, 0.29) is 17.9 Å². The number of hydrogen-bond acceptors (Lipinski definition) is 3. The lowest BCUT2D eigenvalue weighted by Gasteiger charge is -2.37. The van der Waals surface area contributed by atoms with Crippen LogP contribution in [0.4, 0.5) is 0 Å². The summed E-state index contributed by atoms with van der Waals surface area (Å²) >= 11 is 0. The molecular formula is C27H38N2O2. The maximum absolute atomic E-state index is 13.4. The second-order valence-corrected chi connectivity index (χ2v) is 9.59. The summed E-state index contributed by atoms with van der Waals surface area (Å²) in [6.07, 6.45) is 18.0. The molecule has 1 aromatic rings. The first-order chi connectivity index (χ1) is 15.2. The summed E-state index contributed by atoms with van der Waals surface area (Å²) in [6.45, 7) is 2.96. The van der Waals surface area contributed by atoms with E-state index in [2.05, 4.69) is 28.4 Å². The third-order valence-corrected chi connectivity index (χ3v) is 7.45. The Morgan fingerprint density at radius 2 is 1.81 bits per heavy atom. The van der Waals surface area contributed by atoms with Crippen molar-refractivity contribution in [2.45, 2.75) is 75.9 Å². The number of carbonyl (C=O) groups excluding carboxylic acids is 1. The third kappa shape index (κ3) is 5.48. The highest BCUT2D eigenvalue weighted by molar-refractivity contribution is 5.87. The Balaban J connectivity index is 1.31. The fourth-order valence-electron chi connectivity index (χ4n) is 5.51. The molecule has 0 aromatic heterocycles. The largest absolute Gasteiger partial charge is 0.375 e. The van der Waals surface area contributed by atoms with Crippen LogP contribution in [0.5, 0.6) is 0 Å². The molecule has 1 saturated heterocycles. The van der Waals surface area contributed by atoms with Crippen molar-refractivity contribution in [1.29, 1.82) is 0 Å². The van der Waals surface area contributed by atoms with Gasteiger partial charge in [0.2, 0.25) is 0 Å². The highest BCUT2D eigenvalue weighted by Crippen LogP contribution is 2.41. The summed E-state index contributed by atoms with van der Waals surface area (Å²) < 4.78 is 0. The van der Waals surface area contributed by atoms with E-state index in [1.54, 1.807) is 0 Å². The van der Waals surface area contributed by atoms with Gasteiger partial charge >= 0.3 is 0 Å². The number of allylic oxidation sites excluding steroid dienone is 3. The first-order valence-electron chi connectivity index (χ1n) is 12.3. The van der Waals surface area contributed by atoms with Crippen LogP contribution in [0.2, 0.25) is 0 Å². The number of hydrogen-bond donors (Lipinski definition) is 2. The number of amides is 1. The fourth-order valence-corrected chi connectivity index (χ4v) is 5.51. The molecule has 0 spiro atoms. The summed E-state index contributed by atoms with van der Waals surface area (Å²) in [5, 5.41) is 14.9. The lowest BCUT2D eigenvalue weighted by Crippen LogP contribution is -2.54. The van der Waals surface area contributed by atoms with Crippen molar-refractivity contribution in [3.8, 4) is 0 Å². The van der Waals surface area contributed by atoms with Gasteiger partial charge in [-0.3, -0.25) is 9.69 Å². The Bertz CT molecular complexity index is 774. The van der Waals surface area contributed by atoms with Crippen LogP contribution in [-0.4, -0.2) is 41.6 Å². The minimum absolute atomic E-state index is 0.00854. The number of piperidine rings is 1. The van der Waals surface area contributed by atoms with Crippen LogP contribution in [0.3, 0.4) is 0 Å². The van der Waals surface area contributed by atoms with E-state index in [4.69, 9.17) is 0 Å². The molecule has 0 radical (unpaired) electrons. The van der Waals surface area contributed by atoms with E-state index in [1.165, 1.54) is 31.3 Å². The van der Waals surface area contributed by atoms with Crippen LogP contribution in [0.15, 0.2) is 54.1 Å². The van der Waals surface area contributed by atoms with Crippen molar-refractivity contribution in [2.75, 3.05) is 19.6 Å². The number of benzene rings is 1. The van der Waals surface area contributed by atoms with Gasteiger partial charge in [0.1, 0.15) is 0 Å². The average molecular weight is 423 g/mol. The lowest BCUT2D eigenvalue weighted by molar-refractivity contribution is -0.148. The number of nitrogens with one attached hydrogen (secondary N) is 1. The molecule has 1 amide bonds. The van der Waals surface area contributed by atoms with Gasteiger partial charge in [-0.2, -0.15) is 0 Å². The monoisotopic (exact) mass is 422 g/mol. The SMILES string of the molecule is O=C(NC1CCN(C/C=C/C2=CCCCC2)CC1)C(O)(c1ccccc1)C1CCCC1. The molecule has 2 fully saturated rings. The molecule has 2 N–H and O–H groups in total. The predicted octanol–water partition coefficient (Wildman–Crippen LogP) is 4.70. The lowest BCUT2D eigenvalue weighted by atomic mass is 9.79. The van der Waals surface area contributed by atoms with Crippen molar-refractivity contribution in [2.24, 2.45) is 5.92 Å². The van der Waals surface area contributed by atoms with Crippen LogP contribution in [0.25, 0.3) is 0 Å². The van der Waals surface area contributed by atoms with Gasteiger partial charge in [0, 0.05) is 31.6 Å². The van der Waals surface area contributed by atoms with Gasteiger partial charge in [-0.1, -0.05) is 67.0 Å². The topological polar surface area (TPSA) is 52.6 Å². The standard InChI is InChI=1S/C27H38N2O2/c30-26(27(31,24-15-7-8-16-24)23-13-5-2-6-14-23)28-25-17-20-29(21-18-25)19-9-12-22-10-3-1-4-11-22/h2,5-6,9-10,12-14,24-25,31H,1,3-4,7-8,11,15-21H2,(H,28,30)/b12-9+. The first kappa shape index (κ1) is 22.3. The third-order valence-electron chi connectivity index (χ3n) is 7.45. The van der Waals surface area contributed by atoms with Crippen LogP contribution in [0.1, 0.15) is 69.8 Å². The molecule has 31 heavy (non-hydrogen) atoms. The highest BCUT2D eigenvalue weighted by Gasteiger charge is 2.46. The predicted molar refractivity (Wildman–Crippen MR) is 126 cm³/mol. The normalized spacial score (nSPS) is 23.6. The van der Waals surface area contributed by atoms with Crippen LogP contribution >= 0.6 is 0 Å². The van der Waals surface area contributed by atoms with Gasteiger partial charge < -0.3 is 10.4 Å². The Morgan fingerprint density at radius 1 is 1.06 bits per heavy atom. The average Bonchev–Trinajstić information content (AvgIpc) is 3.36. The van der Waals surface area contributed by atoms with Crippen LogP contribution < -0.4 is 5.32 Å². The van der Waals surface area contributed by atoms with Crippen molar-refractivity contribution in [3.05, 3.63) is 59.7 Å². The van der Waals surface area contributed by atoms with Crippen LogP contribution in [0, 0.1) is 5.92 Å². The Hall–Kier alpha value is -1.91. The smallest absolute Gasteiger partial charge is 0.257 e. The van der Waals surface area contributed by atoms with Gasteiger partial charge in [-0.25, -0.2) is 0 Å². The summed E-state index contributed by atoms with van der Waals surface area (Å²) in [5.74, 6) is -0.192. The highest BCUT2D eigenvalue weighted by atomic mass is 16.3. The molecule has 1 unspecified atom stereocenters. The molecule has 1 heterocycles. The van der Waals surface area contributed by atoms with Crippen LogP contribution in [-0.2, 0) is 10.4 Å². The zero-order valence-corrected chi connectivity index (χ0v) is 18.8. The number of likely N-dealkylation sites (tertiary alicyclic amines) is 1. The van der Waals surface area contributed by atoms with Gasteiger partial charge in [0.15, 0.2) is 5.60 Å². The molecule has 4 nitrogen and oxygen atoms in total. The molecule has 1 atom stereocenters. The van der Waals surface area contributed by atoms with E-state index < -0.39 is 5.60 Å². The van der Waals surface area contributed by atoms with Crippen molar-refractivity contribution < 1.29 is 9.90 Å². The van der Waals surface area contributed by atoms with E-state index in [9.17, 15) is 9.90 Å². The summed E-state index contributed by atoms with van der Waals surface area (Å²) in [5.41, 5.74) is 0.810. The van der Waals surface area contributed by atoms with E-state index in [1.807, 2.05) is 30.3 Å². The van der Waals surface area contributed by atoms with Gasteiger partial charge in [0.25, 0.3) is 5.91 Å². The van der Waals surface area contributed by atoms with Crippen molar-refractivity contribution in [1.82, 2.24) is 10.2 Å². The summed E-state index contributed by atoms with van der Waals surface area (Å²) in [7, 11) is 0. The molecule has 2 aliphatic carbocycles. The minimum atomic E-state index is -1.41. The molecule has 1 aliphatic heterocycles. The minimum Gasteiger partial charge on any atom is -0.375 e. The molecule has 1 saturated carbocycles.